The van der Waals surface area contributed by atoms with E-state index in [1.54, 1.807) is 19.1 Å². The highest BCUT2D eigenvalue weighted by molar-refractivity contribution is 5.81. The number of piperidine rings is 1. The third-order valence-corrected chi connectivity index (χ3v) is 5.25. The van der Waals surface area contributed by atoms with Gasteiger partial charge in [-0.05, 0) is 50.8 Å². The lowest BCUT2D eigenvalue weighted by Crippen LogP contribution is -2.49. The Kier molecular flexibility index (Phi) is 6.08. The van der Waals surface area contributed by atoms with E-state index < -0.39 is 0 Å². The van der Waals surface area contributed by atoms with Crippen LogP contribution >= 0.6 is 0 Å². The molecule has 2 atom stereocenters. The highest BCUT2D eigenvalue weighted by atomic mass is 16.5. The Morgan fingerprint density at radius 1 is 1.19 bits per heavy atom. The molecule has 0 aromatic heterocycles. The van der Waals surface area contributed by atoms with Gasteiger partial charge in [0.2, 0.25) is 5.91 Å². The number of urea groups is 1. The molecule has 1 aromatic carbocycles. The summed E-state index contributed by atoms with van der Waals surface area (Å²) in [5, 5.41) is 6.07. The number of methoxy groups -OCH3 is 2. The van der Waals surface area contributed by atoms with Crippen molar-refractivity contribution in [3.8, 4) is 11.5 Å². The number of likely N-dealkylation sites (tertiary alicyclic amines) is 1. The molecular formula is C20H29N3O4. The van der Waals surface area contributed by atoms with Crippen molar-refractivity contribution >= 4 is 11.9 Å². The molecule has 1 heterocycles. The van der Waals surface area contributed by atoms with Crippen molar-refractivity contribution in [3.05, 3.63) is 23.8 Å². The normalized spacial score (nSPS) is 20.6. The summed E-state index contributed by atoms with van der Waals surface area (Å²) in [6.07, 6.45) is 3.82. The van der Waals surface area contributed by atoms with E-state index in [9.17, 15) is 9.59 Å². The molecule has 7 heteroatoms. The van der Waals surface area contributed by atoms with Crippen LogP contribution in [-0.2, 0) is 4.79 Å². The Morgan fingerprint density at radius 2 is 1.96 bits per heavy atom. The molecule has 27 heavy (non-hydrogen) atoms. The van der Waals surface area contributed by atoms with Crippen molar-refractivity contribution in [1.29, 1.82) is 0 Å². The van der Waals surface area contributed by atoms with Crippen molar-refractivity contribution in [3.63, 3.8) is 0 Å². The fraction of sp³-hybridized carbons (Fsp3) is 0.600. The van der Waals surface area contributed by atoms with Crippen molar-refractivity contribution in [2.75, 3.05) is 27.3 Å². The van der Waals surface area contributed by atoms with E-state index in [4.69, 9.17) is 9.47 Å². The smallest absolute Gasteiger partial charge is 0.317 e. The van der Waals surface area contributed by atoms with Crippen molar-refractivity contribution in [2.45, 2.75) is 44.7 Å². The third kappa shape index (κ3) is 4.84. The highest BCUT2D eigenvalue weighted by Gasteiger charge is 2.32. The number of ether oxygens (including phenoxy) is 2. The third-order valence-electron chi connectivity index (χ3n) is 5.25. The number of nitrogens with zero attached hydrogens (tertiary/aromatic N) is 1. The second kappa shape index (κ2) is 8.50. The second-order valence-electron chi connectivity index (χ2n) is 7.35. The largest absolute Gasteiger partial charge is 0.497 e. The summed E-state index contributed by atoms with van der Waals surface area (Å²) in [5.74, 6) is 1.37. The standard InChI is InChI=1S/C20H29N3O4/c1-13(17-11-16(26-2)8-9-18(17)27-3)21-20(25)23-10-4-5-14(12-23)19(24)22-15-6-7-15/h8-9,11,13-15H,4-7,10,12H2,1-3H3,(H,21,25)(H,22,24). The van der Waals surface area contributed by atoms with E-state index in [1.165, 1.54) is 0 Å². The van der Waals surface area contributed by atoms with Gasteiger partial charge in [-0.2, -0.15) is 0 Å². The number of nitrogens with one attached hydrogen (secondary N) is 2. The Labute approximate surface area is 160 Å². The van der Waals surface area contributed by atoms with Gasteiger partial charge < -0.3 is 25.0 Å². The van der Waals surface area contributed by atoms with Crippen molar-refractivity contribution < 1.29 is 19.1 Å². The number of rotatable bonds is 6. The van der Waals surface area contributed by atoms with Crippen LogP contribution in [0.15, 0.2) is 18.2 Å². The summed E-state index contributed by atoms with van der Waals surface area (Å²) in [7, 11) is 3.21. The lowest BCUT2D eigenvalue weighted by atomic mass is 9.97. The fourth-order valence-electron chi connectivity index (χ4n) is 3.45. The molecule has 1 aliphatic carbocycles. The molecule has 2 unspecified atom stereocenters. The zero-order valence-corrected chi connectivity index (χ0v) is 16.3. The van der Waals surface area contributed by atoms with E-state index in [0.717, 1.165) is 31.2 Å². The molecule has 0 spiro atoms. The number of carbonyl (C=O) groups is 2. The summed E-state index contributed by atoms with van der Waals surface area (Å²) >= 11 is 0. The minimum Gasteiger partial charge on any atom is -0.497 e. The van der Waals surface area contributed by atoms with E-state index in [1.807, 2.05) is 25.1 Å². The van der Waals surface area contributed by atoms with E-state index >= 15 is 0 Å². The average molecular weight is 375 g/mol. The van der Waals surface area contributed by atoms with Gasteiger partial charge in [-0.1, -0.05) is 0 Å². The predicted octanol–water partition coefficient (Wildman–Crippen LogP) is 2.46. The summed E-state index contributed by atoms with van der Waals surface area (Å²) in [4.78, 5) is 26.8. The molecule has 1 aliphatic heterocycles. The van der Waals surface area contributed by atoms with E-state index in [0.29, 0.717) is 30.6 Å². The van der Waals surface area contributed by atoms with Crippen LogP contribution in [0.25, 0.3) is 0 Å². The first kappa shape index (κ1) is 19.3. The Morgan fingerprint density at radius 3 is 2.63 bits per heavy atom. The monoisotopic (exact) mass is 375 g/mol. The maximum Gasteiger partial charge on any atom is 0.317 e. The van der Waals surface area contributed by atoms with Gasteiger partial charge in [0.1, 0.15) is 11.5 Å². The van der Waals surface area contributed by atoms with Gasteiger partial charge in [-0.3, -0.25) is 4.79 Å². The molecule has 0 radical (unpaired) electrons. The fourth-order valence-corrected chi connectivity index (χ4v) is 3.45. The number of benzene rings is 1. The first-order valence-corrected chi connectivity index (χ1v) is 9.59. The predicted molar refractivity (Wildman–Crippen MR) is 102 cm³/mol. The Hall–Kier alpha value is -2.44. The summed E-state index contributed by atoms with van der Waals surface area (Å²) in [6.45, 7) is 3.05. The van der Waals surface area contributed by atoms with Gasteiger partial charge in [0.25, 0.3) is 0 Å². The molecule has 7 nitrogen and oxygen atoms in total. The van der Waals surface area contributed by atoms with Crippen LogP contribution in [-0.4, -0.2) is 50.2 Å². The zero-order chi connectivity index (χ0) is 19.4. The minimum absolute atomic E-state index is 0.0810. The average Bonchev–Trinajstić information content (AvgIpc) is 3.51. The molecule has 0 bridgehead atoms. The van der Waals surface area contributed by atoms with E-state index in [2.05, 4.69) is 10.6 Å². The molecule has 148 valence electrons. The first-order valence-electron chi connectivity index (χ1n) is 9.59. The minimum atomic E-state index is -0.247. The Balaban J connectivity index is 1.61. The molecule has 2 aliphatic rings. The molecule has 2 N–H and O–H groups in total. The van der Waals surface area contributed by atoms with Crippen LogP contribution in [0.5, 0.6) is 11.5 Å². The van der Waals surface area contributed by atoms with Gasteiger partial charge >= 0.3 is 6.03 Å². The second-order valence-corrected chi connectivity index (χ2v) is 7.35. The van der Waals surface area contributed by atoms with Gasteiger partial charge in [0, 0.05) is 24.7 Å². The number of hydrogen-bond donors (Lipinski definition) is 2. The van der Waals surface area contributed by atoms with Crippen LogP contribution in [0.4, 0.5) is 4.79 Å². The molecule has 2 fully saturated rings. The summed E-state index contributed by atoms with van der Waals surface area (Å²) in [5.41, 5.74) is 0.852. The lowest BCUT2D eigenvalue weighted by Gasteiger charge is -2.33. The summed E-state index contributed by atoms with van der Waals surface area (Å²) in [6, 6.07) is 5.47. The number of hydrogen-bond acceptors (Lipinski definition) is 4. The van der Waals surface area contributed by atoms with Crippen LogP contribution < -0.4 is 20.1 Å². The van der Waals surface area contributed by atoms with Gasteiger partial charge in [0.05, 0.1) is 26.2 Å². The maximum atomic E-state index is 12.7. The summed E-state index contributed by atoms with van der Waals surface area (Å²) < 4.78 is 10.7. The highest BCUT2D eigenvalue weighted by Crippen LogP contribution is 2.29. The maximum absolute atomic E-state index is 12.7. The molecule has 3 amide bonds. The molecule has 3 rings (SSSR count). The first-order chi connectivity index (χ1) is 13.0. The van der Waals surface area contributed by atoms with Gasteiger partial charge in [-0.25, -0.2) is 4.79 Å². The number of amides is 3. The van der Waals surface area contributed by atoms with Crippen LogP contribution in [0.3, 0.4) is 0 Å². The van der Waals surface area contributed by atoms with Crippen LogP contribution in [0.2, 0.25) is 0 Å². The topological polar surface area (TPSA) is 79.9 Å². The SMILES string of the molecule is COc1ccc(OC)c(C(C)NC(=O)N2CCCC(C(=O)NC3CC3)C2)c1. The zero-order valence-electron chi connectivity index (χ0n) is 16.3. The molecule has 1 saturated carbocycles. The van der Waals surface area contributed by atoms with Gasteiger partial charge in [-0.15, -0.1) is 0 Å². The van der Waals surface area contributed by atoms with Crippen LogP contribution in [0.1, 0.15) is 44.2 Å². The van der Waals surface area contributed by atoms with Gasteiger partial charge in [0.15, 0.2) is 0 Å². The van der Waals surface area contributed by atoms with E-state index in [-0.39, 0.29) is 23.9 Å². The number of carbonyl (C=O) groups excluding carboxylic acids is 2. The van der Waals surface area contributed by atoms with Crippen LogP contribution in [0, 0.1) is 5.92 Å². The quantitative estimate of drug-likeness (QED) is 0.800. The lowest BCUT2D eigenvalue weighted by molar-refractivity contribution is -0.126. The molecule has 1 saturated heterocycles. The molecule has 1 aromatic rings. The Bertz CT molecular complexity index is 690. The van der Waals surface area contributed by atoms with Crippen molar-refractivity contribution in [2.24, 2.45) is 5.92 Å². The van der Waals surface area contributed by atoms with Crippen molar-refractivity contribution in [1.82, 2.24) is 15.5 Å². The molecular weight excluding hydrogens is 346 g/mol.